The van der Waals surface area contributed by atoms with Crippen LogP contribution in [0.4, 0.5) is 0 Å². The van der Waals surface area contributed by atoms with Crippen LogP contribution in [0.25, 0.3) is 0 Å². The van der Waals surface area contributed by atoms with Crippen molar-refractivity contribution < 1.29 is 14.3 Å². The second-order valence-corrected chi connectivity index (χ2v) is 5.02. The van der Waals surface area contributed by atoms with Crippen molar-refractivity contribution in [3.8, 4) is 0 Å². The lowest BCUT2D eigenvalue weighted by molar-refractivity contribution is -0.145. The third-order valence-corrected chi connectivity index (χ3v) is 2.98. The van der Waals surface area contributed by atoms with Gasteiger partial charge in [0.1, 0.15) is 6.04 Å². The highest BCUT2D eigenvalue weighted by Gasteiger charge is 2.21. The fraction of sp³-hybridized carbons (Fsp3) is 0.733. The van der Waals surface area contributed by atoms with E-state index in [1.54, 1.807) is 13.8 Å². The SMILES string of the molecule is C=CCCCCCC[C@@H](NC(=O)C(C)C)C(=O)OC. The van der Waals surface area contributed by atoms with Crippen LogP contribution < -0.4 is 5.32 Å². The number of carbonyl (C=O) groups is 2. The van der Waals surface area contributed by atoms with Crippen LogP contribution in [-0.2, 0) is 14.3 Å². The summed E-state index contributed by atoms with van der Waals surface area (Å²) in [4.78, 5) is 23.2. The Labute approximate surface area is 116 Å². The lowest BCUT2D eigenvalue weighted by Crippen LogP contribution is -2.43. The van der Waals surface area contributed by atoms with E-state index in [1.165, 1.54) is 7.11 Å². The van der Waals surface area contributed by atoms with Gasteiger partial charge in [-0.3, -0.25) is 4.79 Å². The van der Waals surface area contributed by atoms with E-state index >= 15 is 0 Å². The van der Waals surface area contributed by atoms with E-state index in [4.69, 9.17) is 4.74 Å². The van der Waals surface area contributed by atoms with Crippen LogP contribution in [0.2, 0.25) is 0 Å². The zero-order valence-electron chi connectivity index (χ0n) is 12.4. The van der Waals surface area contributed by atoms with E-state index in [1.807, 2.05) is 6.08 Å². The number of unbranched alkanes of at least 4 members (excludes halogenated alkanes) is 4. The number of carbonyl (C=O) groups excluding carboxylic acids is 2. The predicted molar refractivity (Wildman–Crippen MR) is 76.7 cm³/mol. The number of hydrogen-bond acceptors (Lipinski definition) is 3. The van der Waals surface area contributed by atoms with Crippen LogP contribution in [0.5, 0.6) is 0 Å². The highest BCUT2D eigenvalue weighted by atomic mass is 16.5. The molecule has 0 aliphatic heterocycles. The van der Waals surface area contributed by atoms with Gasteiger partial charge in [0.15, 0.2) is 0 Å². The number of amides is 1. The summed E-state index contributed by atoms with van der Waals surface area (Å²) in [6.45, 7) is 7.29. The average molecular weight is 269 g/mol. The first kappa shape index (κ1) is 17.7. The Kier molecular flexibility index (Phi) is 9.85. The van der Waals surface area contributed by atoms with Crippen molar-refractivity contribution in [2.45, 2.75) is 58.4 Å². The second-order valence-electron chi connectivity index (χ2n) is 5.02. The number of esters is 1. The van der Waals surface area contributed by atoms with Crippen molar-refractivity contribution in [3.05, 3.63) is 12.7 Å². The molecule has 0 saturated heterocycles. The molecule has 0 aliphatic rings. The van der Waals surface area contributed by atoms with Crippen LogP contribution in [0.1, 0.15) is 52.4 Å². The first-order valence-electron chi connectivity index (χ1n) is 7.02. The first-order valence-corrected chi connectivity index (χ1v) is 7.02. The van der Waals surface area contributed by atoms with E-state index in [9.17, 15) is 9.59 Å². The van der Waals surface area contributed by atoms with Gasteiger partial charge in [-0.25, -0.2) is 4.79 Å². The van der Waals surface area contributed by atoms with Crippen LogP contribution in [-0.4, -0.2) is 25.0 Å². The van der Waals surface area contributed by atoms with Gasteiger partial charge < -0.3 is 10.1 Å². The molecule has 4 heteroatoms. The summed E-state index contributed by atoms with van der Waals surface area (Å²) in [7, 11) is 1.35. The third-order valence-electron chi connectivity index (χ3n) is 2.98. The van der Waals surface area contributed by atoms with Crippen LogP contribution in [0.15, 0.2) is 12.7 Å². The number of nitrogens with one attached hydrogen (secondary N) is 1. The molecule has 0 aromatic carbocycles. The Morgan fingerprint density at radius 2 is 1.84 bits per heavy atom. The number of hydrogen-bond donors (Lipinski definition) is 1. The Balaban J connectivity index is 4.04. The average Bonchev–Trinajstić information content (AvgIpc) is 2.39. The van der Waals surface area contributed by atoms with Crippen LogP contribution in [0.3, 0.4) is 0 Å². The molecule has 0 spiro atoms. The van der Waals surface area contributed by atoms with Crippen molar-refractivity contribution in [3.63, 3.8) is 0 Å². The molecule has 1 atom stereocenters. The van der Waals surface area contributed by atoms with E-state index in [0.29, 0.717) is 6.42 Å². The smallest absolute Gasteiger partial charge is 0.328 e. The lowest BCUT2D eigenvalue weighted by atomic mass is 10.1. The van der Waals surface area contributed by atoms with Gasteiger partial charge >= 0.3 is 5.97 Å². The second kappa shape index (κ2) is 10.6. The molecule has 0 bridgehead atoms. The van der Waals surface area contributed by atoms with Crippen LogP contribution in [0, 0.1) is 5.92 Å². The third kappa shape index (κ3) is 8.41. The van der Waals surface area contributed by atoms with Crippen molar-refractivity contribution in [1.29, 1.82) is 0 Å². The van der Waals surface area contributed by atoms with Gasteiger partial charge in [-0.15, -0.1) is 6.58 Å². The largest absolute Gasteiger partial charge is 0.467 e. The van der Waals surface area contributed by atoms with E-state index in [-0.39, 0.29) is 17.8 Å². The summed E-state index contributed by atoms with van der Waals surface area (Å²) in [5, 5.41) is 2.74. The zero-order valence-corrected chi connectivity index (χ0v) is 12.4. The zero-order chi connectivity index (χ0) is 14.7. The Morgan fingerprint density at radius 1 is 1.21 bits per heavy atom. The van der Waals surface area contributed by atoms with E-state index < -0.39 is 6.04 Å². The summed E-state index contributed by atoms with van der Waals surface area (Å²) in [6.07, 6.45) is 7.81. The predicted octanol–water partition coefficient (Wildman–Crippen LogP) is 2.83. The summed E-state index contributed by atoms with van der Waals surface area (Å²) < 4.78 is 4.72. The summed E-state index contributed by atoms with van der Waals surface area (Å²) in [6, 6.07) is -0.515. The molecule has 1 amide bonds. The van der Waals surface area contributed by atoms with Gasteiger partial charge in [0.05, 0.1) is 7.11 Å². The Hall–Kier alpha value is -1.32. The number of methoxy groups -OCH3 is 1. The minimum absolute atomic E-state index is 0.109. The summed E-state index contributed by atoms with van der Waals surface area (Å²) in [5.41, 5.74) is 0. The first-order chi connectivity index (χ1) is 9.02. The fourth-order valence-corrected chi connectivity index (χ4v) is 1.72. The fourth-order valence-electron chi connectivity index (χ4n) is 1.72. The molecule has 110 valence electrons. The van der Waals surface area contributed by atoms with Crippen molar-refractivity contribution in [2.24, 2.45) is 5.92 Å². The van der Waals surface area contributed by atoms with E-state index in [2.05, 4.69) is 11.9 Å². The Bertz CT molecular complexity index is 287. The number of allylic oxidation sites excluding steroid dienone is 1. The molecular weight excluding hydrogens is 242 g/mol. The molecule has 0 aromatic rings. The molecule has 4 nitrogen and oxygen atoms in total. The monoisotopic (exact) mass is 269 g/mol. The quantitative estimate of drug-likeness (QED) is 0.377. The maximum Gasteiger partial charge on any atom is 0.328 e. The van der Waals surface area contributed by atoms with Crippen LogP contribution >= 0.6 is 0 Å². The van der Waals surface area contributed by atoms with Gasteiger partial charge in [-0.05, 0) is 19.3 Å². The maximum atomic E-state index is 11.6. The highest BCUT2D eigenvalue weighted by molar-refractivity contribution is 5.85. The molecule has 0 saturated carbocycles. The minimum Gasteiger partial charge on any atom is -0.467 e. The van der Waals surface area contributed by atoms with Crippen molar-refractivity contribution in [1.82, 2.24) is 5.32 Å². The van der Waals surface area contributed by atoms with Gasteiger partial charge in [0.25, 0.3) is 0 Å². The van der Waals surface area contributed by atoms with E-state index in [0.717, 1.165) is 32.1 Å². The molecule has 0 radical (unpaired) electrons. The summed E-state index contributed by atoms with van der Waals surface area (Å²) in [5.74, 6) is -0.595. The normalized spacial score (nSPS) is 12.0. The molecule has 0 aromatic heterocycles. The van der Waals surface area contributed by atoms with Gasteiger partial charge in [0.2, 0.25) is 5.91 Å². The van der Waals surface area contributed by atoms with Crippen molar-refractivity contribution >= 4 is 11.9 Å². The number of rotatable bonds is 10. The van der Waals surface area contributed by atoms with Gasteiger partial charge in [-0.2, -0.15) is 0 Å². The molecule has 0 heterocycles. The molecule has 0 aliphatic carbocycles. The lowest BCUT2D eigenvalue weighted by Gasteiger charge is -2.17. The standard InChI is InChI=1S/C15H27NO3/c1-5-6-7-8-9-10-11-13(15(18)19-4)16-14(17)12(2)3/h5,12-13H,1,6-11H2,2-4H3,(H,16,17)/t13-/m1/s1. The molecular formula is C15H27NO3. The molecule has 1 N–H and O–H groups in total. The van der Waals surface area contributed by atoms with Crippen molar-refractivity contribution in [2.75, 3.05) is 7.11 Å². The highest BCUT2D eigenvalue weighted by Crippen LogP contribution is 2.09. The topological polar surface area (TPSA) is 55.4 Å². The maximum absolute atomic E-state index is 11.6. The molecule has 0 unspecified atom stereocenters. The van der Waals surface area contributed by atoms with Gasteiger partial charge in [0, 0.05) is 5.92 Å². The minimum atomic E-state index is -0.515. The molecule has 19 heavy (non-hydrogen) atoms. The number of ether oxygens (including phenoxy) is 1. The Morgan fingerprint density at radius 3 is 2.37 bits per heavy atom. The summed E-state index contributed by atoms with van der Waals surface area (Å²) >= 11 is 0. The molecule has 0 rings (SSSR count). The molecule has 0 fully saturated rings. The van der Waals surface area contributed by atoms with Gasteiger partial charge in [-0.1, -0.05) is 39.2 Å².